The summed E-state index contributed by atoms with van der Waals surface area (Å²) in [6.45, 7) is 4.33. The van der Waals surface area contributed by atoms with Gasteiger partial charge in [-0.2, -0.15) is 5.26 Å². The van der Waals surface area contributed by atoms with Gasteiger partial charge in [-0.25, -0.2) is 0 Å². The van der Waals surface area contributed by atoms with E-state index in [-0.39, 0.29) is 13.0 Å². The quantitative estimate of drug-likeness (QED) is 0.581. The fourth-order valence-corrected chi connectivity index (χ4v) is 2.11. The maximum atomic E-state index is 12.1. The molecule has 3 N–H and O–H groups in total. The minimum Gasteiger partial charge on any atom is -0.481 e. The fourth-order valence-electron chi connectivity index (χ4n) is 2.11. The molecule has 1 atom stereocenters. The van der Waals surface area contributed by atoms with Crippen molar-refractivity contribution >= 4 is 11.9 Å². The van der Waals surface area contributed by atoms with E-state index in [1.54, 1.807) is 0 Å². The standard InChI is InChI=1S/C13H22N4O4/c14-2-1-3-17(13(20)11(15)10-12(18)19)5-4-16-6-8-21-9-7-16/h11H,1,3-10,15H2,(H,18,19). The van der Waals surface area contributed by atoms with Crippen molar-refractivity contribution in [2.75, 3.05) is 45.9 Å². The highest BCUT2D eigenvalue weighted by atomic mass is 16.5. The number of nitriles is 1. The smallest absolute Gasteiger partial charge is 0.305 e. The van der Waals surface area contributed by atoms with Crippen LogP contribution in [0.2, 0.25) is 0 Å². The van der Waals surface area contributed by atoms with Crippen molar-refractivity contribution in [3.63, 3.8) is 0 Å². The molecule has 8 nitrogen and oxygen atoms in total. The lowest BCUT2D eigenvalue weighted by Gasteiger charge is -2.30. The van der Waals surface area contributed by atoms with Crippen LogP contribution in [0.1, 0.15) is 12.8 Å². The molecule has 1 saturated heterocycles. The summed E-state index contributed by atoms with van der Waals surface area (Å²) < 4.78 is 5.25. The number of rotatable bonds is 8. The molecule has 1 heterocycles. The van der Waals surface area contributed by atoms with Crippen LogP contribution in [0.3, 0.4) is 0 Å². The van der Waals surface area contributed by atoms with E-state index in [0.29, 0.717) is 26.3 Å². The number of carbonyl (C=O) groups is 2. The third kappa shape index (κ3) is 6.53. The predicted molar refractivity (Wildman–Crippen MR) is 74.3 cm³/mol. The number of amides is 1. The van der Waals surface area contributed by atoms with E-state index in [2.05, 4.69) is 4.90 Å². The number of nitrogens with two attached hydrogens (primary N) is 1. The Bertz CT molecular complexity index is 390. The molecule has 1 aliphatic rings. The van der Waals surface area contributed by atoms with Crippen LogP contribution in [-0.4, -0.2) is 78.8 Å². The van der Waals surface area contributed by atoms with E-state index in [1.807, 2.05) is 6.07 Å². The molecule has 1 rings (SSSR count). The molecule has 118 valence electrons. The second-order valence-corrected chi connectivity index (χ2v) is 4.89. The summed E-state index contributed by atoms with van der Waals surface area (Å²) >= 11 is 0. The Labute approximate surface area is 124 Å². The zero-order valence-electron chi connectivity index (χ0n) is 12.0. The minimum absolute atomic E-state index is 0.203. The van der Waals surface area contributed by atoms with Gasteiger partial charge in [0.1, 0.15) is 0 Å². The average Bonchev–Trinajstić information content (AvgIpc) is 2.47. The molecule has 0 aromatic rings. The summed E-state index contributed by atoms with van der Waals surface area (Å²) in [5.74, 6) is -1.52. The molecule has 8 heteroatoms. The van der Waals surface area contributed by atoms with E-state index >= 15 is 0 Å². The Morgan fingerprint density at radius 1 is 1.38 bits per heavy atom. The number of nitrogens with zero attached hydrogens (tertiary/aromatic N) is 3. The maximum Gasteiger partial charge on any atom is 0.305 e. The minimum atomic E-state index is -1.11. The molecular weight excluding hydrogens is 276 g/mol. The first-order chi connectivity index (χ1) is 10.0. The molecule has 0 aromatic heterocycles. The first-order valence-corrected chi connectivity index (χ1v) is 6.97. The molecule has 21 heavy (non-hydrogen) atoms. The van der Waals surface area contributed by atoms with Gasteiger partial charge in [-0.05, 0) is 0 Å². The highest BCUT2D eigenvalue weighted by Crippen LogP contribution is 2.02. The lowest BCUT2D eigenvalue weighted by molar-refractivity contribution is -0.142. The van der Waals surface area contributed by atoms with Gasteiger partial charge in [-0.15, -0.1) is 0 Å². The van der Waals surface area contributed by atoms with E-state index in [4.69, 9.17) is 20.8 Å². The predicted octanol–water partition coefficient (Wildman–Crippen LogP) is -1.14. The van der Waals surface area contributed by atoms with Crippen molar-refractivity contribution in [3.05, 3.63) is 0 Å². The van der Waals surface area contributed by atoms with Gasteiger partial charge in [0.25, 0.3) is 0 Å². The molecule has 1 amide bonds. The number of hydrogen-bond donors (Lipinski definition) is 2. The molecule has 0 aliphatic carbocycles. The Kier molecular flexibility index (Phi) is 7.68. The highest BCUT2D eigenvalue weighted by Gasteiger charge is 2.23. The van der Waals surface area contributed by atoms with Crippen LogP contribution in [0.4, 0.5) is 0 Å². The van der Waals surface area contributed by atoms with Crippen LogP contribution in [0, 0.1) is 11.3 Å². The molecule has 0 bridgehead atoms. The Balaban J connectivity index is 2.50. The summed E-state index contributed by atoms with van der Waals surface area (Å²) in [5.41, 5.74) is 5.61. The van der Waals surface area contributed by atoms with Crippen molar-refractivity contribution in [3.8, 4) is 6.07 Å². The fraction of sp³-hybridized carbons (Fsp3) is 0.769. The van der Waals surface area contributed by atoms with E-state index in [1.165, 1.54) is 4.90 Å². The molecule has 0 aromatic carbocycles. The summed E-state index contributed by atoms with van der Waals surface area (Å²) in [5, 5.41) is 17.4. The number of morpholine rings is 1. The van der Waals surface area contributed by atoms with Crippen molar-refractivity contribution < 1.29 is 19.4 Å². The zero-order chi connectivity index (χ0) is 15.7. The number of aliphatic carboxylic acids is 1. The lowest BCUT2D eigenvalue weighted by Crippen LogP contribution is -2.48. The number of carboxylic acids is 1. The molecule has 0 spiro atoms. The summed E-state index contributed by atoms with van der Waals surface area (Å²) in [6, 6.07) is 0.922. The SMILES string of the molecule is N#CCCN(CCN1CCOCC1)C(=O)C(N)CC(=O)O. The van der Waals surface area contributed by atoms with Gasteiger partial charge in [0.05, 0.1) is 38.2 Å². The summed E-state index contributed by atoms with van der Waals surface area (Å²) in [4.78, 5) is 26.4. The van der Waals surface area contributed by atoms with Crippen LogP contribution < -0.4 is 5.73 Å². The lowest BCUT2D eigenvalue weighted by atomic mass is 10.2. The van der Waals surface area contributed by atoms with Gasteiger partial charge in [-0.3, -0.25) is 14.5 Å². The van der Waals surface area contributed by atoms with Gasteiger partial charge in [-0.1, -0.05) is 0 Å². The summed E-state index contributed by atoms with van der Waals surface area (Å²) in [6.07, 6.45) is -0.200. The first kappa shape index (κ1) is 17.4. The van der Waals surface area contributed by atoms with Crippen LogP contribution in [-0.2, 0) is 14.3 Å². The van der Waals surface area contributed by atoms with E-state index < -0.39 is 24.3 Å². The topological polar surface area (TPSA) is 120 Å². The van der Waals surface area contributed by atoms with Crippen molar-refractivity contribution in [2.45, 2.75) is 18.9 Å². The molecule has 1 unspecified atom stereocenters. The van der Waals surface area contributed by atoms with Gasteiger partial charge >= 0.3 is 5.97 Å². The molecule has 0 radical (unpaired) electrons. The number of carboxylic acid groups (broad SMARTS) is 1. The third-order valence-corrected chi connectivity index (χ3v) is 3.31. The van der Waals surface area contributed by atoms with Crippen LogP contribution in [0.15, 0.2) is 0 Å². The Hall–Kier alpha value is -1.69. The van der Waals surface area contributed by atoms with Gasteiger partial charge in [0, 0.05) is 32.7 Å². The first-order valence-electron chi connectivity index (χ1n) is 6.97. The molecule has 1 aliphatic heterocycles. The van der Waals surface area contributed by atoms with Crippen molar-refractivity contribution in [1.82, 2.24) is 9.80 Å². The van der Waals surface area contributed by atoms with Crippen molar-refractivity contribution in [2.24, 2.45) is 5.73 Å². The summed E-state index contributed by atoms with van der Waals surface area (Å²) in [7, 11) is 0. The van der Waals surface area contributed by atoms with Gasteiger partial charge in [0.2, 0.25) is 5.91 Å². The normalized spacial score (nSPS) is 17.0. The second kappa shape index (κ2) is 9.28. The number of carbonyl (C=O) groups excluding carboxylic acids is 1. The molecular formula is C13H22N4O4. The number of hydrogen-bond acceptors (Lipinski definition) is 6. The average molecular weight is 298 g/mol. The van der Waals surface area contributed by atoms with E-state index in [0.717, 1.165) is 13.1 Å². The van der Waals surface area contributed by atoms with Gasteiger partial charge < -0.3 is 20.5 Å². The Morgan fingerprint density at radius 2 is 2.05 bits per heavy atom. The third-order valence-electron chi connectivity index (χ3n) is 3.31. The van der Waals surface area contributed by atoms with Crippen LogP contribution in [0.25, 0.3) is 0 Å². The highest BCUT2D eigenvalue weighted by molar-refractivity contribution is 5.86. The van der Waals surface area contributed by atoms with E-state index in [9.17, 15) is 9.59 Å². The van der Waals surface area contributed by atoms with Gasteiger partial charge in [0.15, 0.2) is 0 Å². The Morgan fingerprint density at radius 3 is 2.62 bits per heavy atom. The molecule has 1 fully saturated rings. The second-order valence-electron chi connectivity index (χ2n) is 4.89. The largest absolute Gasteiger partial charge is 0.481 e. The van der Waals surface area contributed by atoms with Crippen molar-refractivity contribution in [1.29, 1.82) is 5.26 Å². The maximum absolute atomic E-state index is 12.1. The zero-order valence-corrected chi connectivity index (χ0v) is 12.0. The van der Waals surface area contributed by atoms with Crippen LogP contribution >= 0.6 is 0 Å². The molecule has 0 saturated carbocycles. The monoisotopic (exact) mass is 298 g/mol. The number of ether oxygens (including phenoxy) is 1. The van der Waals surface area contributed by atoms with Crippen LogP contribution in [0.5, 0.6) is 0 Å².